The van der Waals surface area contributed by atoms with Gasteiger partial charge in [-0.25, -0.2) is 0 Å². The van der Waals surface area contributed by atoms with Gasteiger partial charge in [0, 0.05) is 48.7 Å². The zero-order valence-corrected chi connectivity index (χ0v) is 13.2. The smallest absolute Gasteiger partial charge is 0.0991 e. The molecule has 5 heteroatoms. The lowest BCUT2D eigenvalue weighted by atomic mass is 10.0. The SMILES string of the molecule is N#Cc1cccc(Cn2nc(-c3cccnc3)c3c2CCNC3)c1. The first-order chi connectivity index (χ1) is 11.8. The predicted molar refractivity (Wildman–Crippen MR) is 91.1 cm³/mol. The maximum atomic E-state index is 9.09. The Balaban J connectivity index is 1.76. The van der Waals surface area contributed by atoms with Crippen LogP contribution in [-0.2, 0) is 19.5 Å². The second-order valence-corrected chi connectivity index (χ2v) is 5.91. The number of hydrogen-bond donors (Lipinski definition) is 1. The lowest BCUT2D eigenvalue weighted by Crippen LogP contribution is -2.25. The summed E-state index contributed by atoms with van der Waals surface area (Å²) in [6.07, 6.45) is 4.59. The Kier molecular flexibility index (Phi) is 3.81. The van der Waals surface area contributed by atoms with Gasteiger partial charge in [-0.3, -0.25) is 9.67 Å². The van der Waals surface area contributed by atoms with Gasteiger partial charge in [-0.05, 0) is 29.8 Å². The number of nitrogens with zero attached hydrogens (tertiary/aromatic N) is 4. The third-order valence-corrected chi connectivity index (χ3v) is 4.33. The van der Waals surface area contributed by atoms with E-state index in [4.69, 9.17) is 10.4 Å². The van der Waals surface area contributed by atoms with Crippen molar-refractivity contribution in [2.24, 2.45) is 0 Å². The number of fused-ring (bicyclic) bond motifs is 1. The van der Waals surface area contributed by atoms with Gasteiger partial charge in [0.25, 0.3) is 0 Å². The molecule has 0 spiro atoms. The third kappa shape index (κ3) is 2.68. The second-order valence-electron chi connectivity index (χ2n) is 5.91. The molecule has 1 aliphatic rings. The van der Waals surface area contributed by atoms with E-state index in [1.165, 1.54) is 11.3 Å². The molecule has 0 fully saturated rings. The van der Waals surface area contributed by atoms with E-state index >= 15 is 0 Å². The monoisotopic (exact) mass is 315 g/mol. The summed E-state index contributed by atoms with van der Waals surface area (Å²) in [5.74, 6) is 0. The number of aromatic nitrogens is 3. The van der Waals surface area contributed by atoms with E-state index in [1.807, 2.05) is 42.6 Å². The van der Waals surface area contributed by atoms with Crippen molar-refractivity contribution in [3.8, 4) is 17.3 Å². The molecule has 3 heterocycles. The standard InChI is InChI=1S/C19H17N5/c20-10-14-3-1-4-15(9-14)13-24-18-6-8-22-12-17(18)19(23-24)16-5-2-7-21-11-16/h1-5,7,9,11,22H,6,8,12-13H2. The molecular formula is C19H17N5. The summed E-state index contributed by atoms with van der Waals surface area (Å²) in [6, 6.07) is 13.9. The number of benzene rings is 1. The van der Waals surface area contributed by atoms with Gasteiger partial charge in [0.1, 0.15) is 0 Å². The summed E-state index contributed by atoms with van der Waals surface area (Å²) >= 11 is 0. The van der Waals surface area contributed by atoms with E-state index in [0.29, 0.717) is 12.1 Å². The van der Waals surface area contributed by atoms with Crippen molar-refractivity contribution in [3.63, 3.8) is 0 Å². The number of nitrogens with one attached hydrogen (secondary N) is 1. The van der Waals surface area contributed by atoms with E-state index in [1.54, 1.807) is 6.20 Å². The zero-order valence-electron chi connectivity index (χ0n) is 13.2. The number of rotatable bonds is 3. The van der Waals surface area contributed by atoms with Crippen LogP contribution in [0.5, 0.6) is 0 Å². The summed E-state index contributed by atoms with van der Waals surface area (Å²) in [5, 5.41) is 17.4. The molecule has 1 aromatic carbocycles. The fourth-order valence-electron chi connectivity index (χ4n) is 3.20. The molecule has 0 radical (unpaired) electrons. The molecule has 24 heavy (non-hydrogen) atoms. The van der Waals surface area contributed by atoms with E-state index in [0.717, 1.165) is 36.3 Å². The summed E-state index contributed by atoms with van der Waals surface area (Å²) in [7, 11) is 0. The Labute approximate surface area is 140 Å². The molecule has 0 atom stereocenters. The van der Waals surface area contributed by atoms with Gasteiger partial charge in [0.15, 0.2) is 0 Å². The molecule has 0 saturated carbocycles. The lowest BCUT2D eigenvalue weighted by Gasteiger charge is -2.15. The topological polar surface area (TPSA) is 66.5 Å². The van der Waals surface area contributed by atoms with Crippen molar-refractivity contribution in [2.75, 3.05) is 6.54 Å². The van der Waals surface area contributed by atoms with Gasteiger partial charge in [-0.15, -0.1) is 0 Å². The van der Waals surface area contributed by atoms with Crippen LogP contribution in [0.4, 0.5) is 0 Å². The highest BCUT2D eigenvalue weighted by molar-refractivity contribution is 5.63. The third-order valence-electron chi connectivity index (χ3n) is 4.33. The van der Waals surface area contributed by atoms with E-state index in [-0.39, 0.29) is 0 Å². The molecule has 0 aliphatic carbocycles. The average molecular weight is 315 g/mol. The first-order valence-electron chi connectivity index (χ1n) is 8.04. The van der Waals surface area contributed by atoms with E-state index in [2.05, 4.69) is 21.1 Å². The van der Waals surface area contributed by atoms with Gasteiger partial charge < -0.3 is 5.32 Å². The van der Waals surface area contributed by atoms with Crippen molar-refractivity contribution in [1.82, 2.24) is 20.1 Å². The van der Waals surface area contributed by atoms with E-state index < -0.39 is 0 Å². The maximum absolute atomic E-state index is 9.09. The first kappa shape index (κ1) is 14.6. The number of pyridine rings is 1. The van der Waals surface area contributed by atoms with E-state index in [9.17, 15) is 0 Å². The van der Waals surface area contributed by atoms with Crippen LogP contribution in [0.3, 0.4) is 0 Å². The predicted octanol–water partition coefficient (Wildman–Crippen LogP) is 2.51. The van der Waals surface area contributed by atoms with Crippen molar-refractivity contribution in [3.05, 3.63) is 71.2 Å². The normalized spacial score (nSPS) is 13.3. The molecule has 0 unspecified atom stereocenters. The molecule has 4 rings (SSSR count). The second kappa shape index (κ2) is 6.26. The minimum absolute atomic E-state index is 0.679. The fourth-order valence-corrected chi connectivity index (χ4v) is 3.20. The molecule has 5 nitrogen and oxygen atoms in total. The molecule has 1 N–H and O–H groups in total. The van der Waals surface area contributed by atoms with Crippen molar-refractivity contribution < 1.29 is 0 Å². The van der Waals surface area contributed by atoms with Gasteiger partial charge >= 0.3 is 0 Å². The Hall–Kier alpha value is -2.97. The van der Waals surface area contributed by atoms with Crippen LogP contribution >= 0.6 is 0 Å². The Morgan fingerprint density at radius 2 is 2.21 bits per heavy atom. The Bertz CT molecular complexity index is 905. The minimum Gasteiger partial charge on any atom is -0.312 e. The van der Waals surface area contributed by atoms with Crippen LogP contribution in [0.25, 0.3) is 11.3 Å². The minimum atomic E-state index is 0.679. The quantitative estimate of drug-likeness (QED) is 0.806. The summed E-state index contributed by atoms with van der Waals surface area (Å²) < 4.78 is 2.08. The fraction of sp³-hybridized carbons (Fsp3) is 0.211. The van der Waals surface area contributed by atoms with Crippen LogP contribution in [0.1, 0.15) is 22.4 Å². The Morgan fingerprint density at radius 1 is 1.25 bits per heavy atom. The molecular weight excluding hydrogens is 298 g/mol. The number of nitriles is 1. The highest BCUT2D eigenvalue weighted by Crippen LogP contribution is 2.27. The molecule has 2 aromatic heterocycles. The molecule has 0 amide bonds. The van der Waals surface area contributed by atoms with Crippen molar-refractivity contribution in [2.45, 2.75) is 19.5 Å². The molecule has 0 bridgehead atoms. The van der Waals surface area contributed by atoms with Crippen LogP contribution in [-0.4, -0.2) is 21.3 Å². The lowest BCUT2D eigenvalue weighted by molar-refractivity contribution is 0.582. The highest BCUT2D eigenvalue weighted by atomic mass is 15.3. The van der Waals surface area contributed by atoms with Crippen LogP contribution in [0.15, 0.2) is 48.8 Å². The number of hydrogen-bond acceptors (Lipinski definition) is 4. The summed E-state index contributed by atoms with van der Waals surface area (Å²) in [5.41, 5.74) is 6.35. The zero-order chi connectivity index (χ0) is 16.4. The van der Waals surface area contributed by atoms with Crippen molar-refractivity contribution >= 4 is 0 Å². The summed E-state index contributed by atoms with van der Waals surface area (Å²) in [4.78, 5) is 4.22. The van der Waals surface area contributed by atoms with Crippen molar-refractivity contribution in [1.29, 1.82) is 5.26 Å². The van der Waals surface area contributed by atoms with Gasteiger partial charge in [0.05, 0.1) is 23.9 Å². The molecule has 118 valence electrons. The highest BCUT2D eigenvalue weighted by Gasteiger charge is 2.21. The molecule has 0 saturated heterocycles. The van der Waals surface area contributed by atoms with Gasteiger partial charge in [-0.2, -0.15) is 10.4 Å². The molecule has 3 aromatic rings. The first-order valence-corrected chi connectivity index (χ1v) is 8.04. The van der Waals surface area contributed by atoms with Crippen LogP contribution < -0.4 is 5.32 Å². The van der Waals surface area contributed by atoms with Crippen LogP contribution in [0, 0.1) is 11.3 Å². The maximum Gasteiger partial charge on any atom is 0.0991 e. The van der Waals surface area contributed by atoms with Crippen LogP contribution in [0.2, 0.25) is 0 Å². The van der Waals surface area contributed by atoms with Gasteiger partial charge in [0.2, 0.25) is 0 Å². The Morgan fingerprint density at radius 3 is 3.04 bits per heavy atom. The summed E-state index contributed by atoms with van der Waals surface area (Å²) in [6.45, 7) is 2.47. The largest absolute Gasteiger partial charge is 0.312 e. The molecule has 1 aliphatic heterocycles. The average Bonchev–Trinajstić information content (AvgIpc) is 3.01. The van der Waals surface area contributed by atoms with Gasteiger partial charge in [-0.1, -0.05) is 12.1 Å².